The Morgan fingerprint density at radius 1 is 1.21 bits per heavy atom. The van der Waals surface area contributed by atoms with Gasteiger partial charge in [-0.05, 0) is 33.0 Å². The molecule has 0 aromatic carbocycles. The van der Waals surface area contributed by atoms with Gasteiger partial charge >= 0.3 is 0 Å². The van der Waals surface area contributed by atoms with Gasteiger partial charge in [0.05, 0.1) is 0 Å². The van der Waals surface area contributed by atoms with E-state index in [-0.39, 0.29) is 0 Å². The molecule has 2 saturated heterocycles. The predicted octanol–water partition coefficient (Wildman–Crippen LogP) is 0.230. The molecule has 0 radical (unpaired) electrons. The van der Waals surface area contributed by atoms with Gasteiger partial charge in [0.15, 0.2) is 0 Å². The van der Waals surface area contributed by atoms with Gasteiger partial charge in [-0.3, -0.25) is 4.90 Å². The van der Waals surface area contributed by atoms with Crippen molar-refractivity contribution in [1.29, 1.82) is 0 Å². The zero-order valence-corrected chi connectivity index (χ0v) is 9.66. The number of likely N-dealkylation sites (N-methyl/N-ethyl adjacent to an activating group) is 1. The van der Waals surface area contributed by atoms with E-state index in [2.05, 4.69) is 36.1 Å². The molecule has 14 heavy (non-hydrogen) atoms. The third kappa shape index (κ3) is 2.10. The van der Waals surface area contributed by atoms with Crippen molar-refractivity contribution in [3.05, 3.63) is 0 Å². The maximum Gasteiger partial charge on any atom is 0.0344 e. The molecule has 0 bridgehead atoms. The number of hydrogen-bond acceptors (Lipinski definition) is 3. The van der Waals surface area contributed by atoms with E-state index >= 15 is 0 Å². The first-order chi connectivity index (χ1) is 6.66. The Balaban J connectivity index is 1.76. The molecule has 1 N–H and O–H groups in total. The molecule has 0 saturated carbocycles. The first kappa shape index (κ1) is 10.4. The van der Waals surface area contributed by atoms with Crippen LogP contribution < -0.4 is 5.32 Å². The molecule has 2 aliphatic heterocycles. The summed E-state index contributed by atoms with van der Waals surface area (Å²) in [5, 5.41) is 3.52. The smallest absolute Gasteiger partial charge is 0.0344 e. The van der Waals surface area contributed by atoms with E-state index in [0.29, 0.717) is 0 Å². The summed E-state index contributed by atoms with van der Waals surface area (Å²) in [4.78, 5) is 4.98. The van der Waals surface area contributed by atoms with Crippen molar-refractivity contribution < 1.29 is 0 Å². The molecule has 0 aromatic heterocycles. The summed E-state index contributed by atoms with van der Waals surface area (Å²) in [6.07, 6.45) is 1.38. The van der Waals surface area contributed by atoms with Crippen molar-refractivity contribution in [3.8, 4) is 0 Å². The zero-order valence-electron chi connectivity index (χ0n) is 9.66. The Labute approximate surface area is 87.4 Å². The topological polar surface area (TPSA) is 18.5 Å². The first-order valence-corrected chi connectivity index (χ1v) is 5.78. The number of likely N-dealkylation sites (tertiary alicyclic amines) is 1. The summed E-state index contributed by atoms with van der Waals surface area (Å²) < 4.78 is 0. The maximum atomic E-state index is 3.52. The van der Waals surface area contributed by atoms with E-state index in [1.807, 2.05) is 0 Å². The minimum absolute atomic E-state index is 0.798. The zero-order chi connectivity index (χ0) is 10.1. The minimum Gasteiger partial charge on any atom is -0.315 e. The monoisotopic (exact) mass is 197 g/mol. The highest BCUT2D eigenvalue weighted by atomic mass is 15.3. The first-order valence-electron chi connectivity index (χ1n) is 5.78. The molecule has 82 valence electrons. The van der Waals surface area contributed by atoms with Crippen LogP contribution in [0.1, 0.15) is 13.3 Å². The molecule has 2 heterocycles. The normalized spacial score (nSPS) is 36.0. The van der Waals surface area contributed by atoms with E-state index in [4.69, 9.17) is 0 Å². The molecule has 0 spiro atoms. The van der Waals surface area contributed by atoms with Gasteiger partial charge in [-0.15, -0.1) is 0 Å². The molecule has 0 aromatic rings. The van der Waals surface area contributed by atoms with Crippen molar-refractivity contribution in [2.24, 2.45) is 5.92 Å². The van der Waals surface area contributed by atoms with Crippen LogP contribution in [0.15, 0.2) is 0 Å². The SMILES string of the molecule is CC1CNCC(N2CC(N(C)C)C2)C1. The van der Waals surface area contributed by atoms with Crippen LogP contribution >= 0.6 is 0 Å². The van der Waals surface area contributed by atoms with Gasteiger partial charge in [0.1, 0.15) is 0 Å². The highest BCUT2D eigenvalue weighted by Gasteiger charge is 2.34. The molecule has 2 unspecified atom stereocenters. The summed E-state index contributed by atoms with van der Waals surface area (Å²) in [5.74, 6) is 0.854. The second-order valence-electron chi connectivity index (χ2n) is 5.22. The minimum atomic E-state index is 0.798. The lowest BCUT2D eigenvalue weighted by Crippen LogP contribution is -2.63. The third-order valence-corrected chi connectivity index (χ3v) is 3.68. The fraction of sp³-hybridized carbons (Fsp3) is 1.00. The van der Waals surface area contributed by atoms with Gasteiger partial charge in [0.25, 0.3) is 0 Å². The molecule has 2 rings (SSSR count). The Morgan fingerprint density at radius 3 is 2.50 bits per heavy atom. The second kappa shape index (κ2) is 4.17. The molecule has 2 fully saturated rings. The van der Waals surface area contributed by atoms with Crippen molar-refractivity contribution in [2.45, 2.75) is 25.4 Å². The highest BCUT2D eigenvalue weighted by molar-refractivity contribution is 4.92. The van der Waals surface area contributed by atoms with Gasteiger partial charge in [-0.2, -0.15) is 0 Å². The lowest BCUT2D eigenvalue weighted by Gasteiger charge is -2.49. The third-order valence-electron chi connectivity index (χ3n) is 3.68. The van der Waals surface area contributed by atoms with Crippen LogP contribution in [0.5, 0.6) is 0 Å². The predicted molar refractivity (Wildman–Crippen MR) is 59.5 cm³/mol. The van der Waals surface area contributed by atoms with E-state index in [9.17, 15) is 0 Å². The number of nitrogens with one attached hydrogen (secondary N) is 1. The van der Waals surface area contributed by atoms with Crippen molar-refractivity contribution in [3.63, 3.8) is 0 Å². The van der Waals surface area contributed by atoms with Crippen LogP contribution in [0, 0.1) is 5.92 Å². The Bertz CT molecular complexity index is 187. The molecule has 2 atom stereocenters. The van der Waals surface area contributed by atoms with Crippen LogP contribution in [0.25, 0.3) is 0 Å². The number of piperidine rings is 1. The van der Waals surface area contributed by atoms with E-state index in [1.165, 1.54) is 32.6 Å². The van der Waals surface area contributed by atoms with Gasteiger partial charge in [0, 0.05) is 31.7 Å². The largest absolute Gasteiger partial charge is 0.315 e. The van der Waals surface area contributed by atoms with Crippen LogP contribution in [-0.2, 0) is 0 Å². The molecule has 0 amide bonds. The fourth-order valence-electron chi connectivity index (χ4n) is 2.52. The lowest BCUT2D eigenvalue weighted by molar-refractivity contribution is 0.0125. The van der Waals surface area contributed by atoms with Crippen LogP contribution in [0.3, 0.4) is 0 Å². The average Bonchev–Trinajstić information content (AvgIpc) is 2.00. The van der Waals surface area contributed by atoms with Crippen LogP contribution in [0.2, 0.25) is 0 Å². The number of rotatable bonds is 2. The van der Waals surface area contributed by atoms with Crippen molar-refractivity contribution in [1.82, 2.24) is 15.1 Å². The molecule has 2 aliphatic rings. The summed E-state index contributed by atoms with van der Waals surface area (Å²) in [6.45, 7) is 7.30. The van der Waals surface area contributed by atoms with Crippen LogP contribution in [0.4, 0.5) is 0 Å². The molecule has 0 aliphatic carbocycles. The second-order valence-corrected chi connectivity index (χ2v) is 5.22. The molecule has 3 heteroatoms. The van der Waals surface area contributed by atoms with E-state index in [1.54, 1.807) is 0 Å². The Kier molecular flexibility index (Phi) is 3.10. The summed E-state index contributed by atoms with van der Waals surface area (Å²) in [5.41, 5.74) is 0. The van der Waals surface area contributed by atoms with Gasteiger partial charge in [-0.1, -0.05) is 6.92 Å². The molecule has 3 nitrogen and oxygen atoms in total. The fourth-order valence-corrected chi connectivity index (χ4v) is 2.52. The Hall–Kier alpha value is -0.120. The average molecular weight is 197 g/mol. The lowest BCUT2D eigenvalue weighted by atomic mass is 9.93. The summed E-state index contributed by atoms with van der Waals surface area (Å²) in [6, 6.07) is 1.60. The Morgan fingerprint density at radius 2 is 1.93 bits per heavy atom. The van der Waals surface area contributed by atoms with Gasteiger partial charge in [-0.25, -0.2) is 0 Å². The quantitative estimate of drug-likeness (QED) is 0.684. The van der Waals surface area contributed by atoms with Crippen molar-refractivity contribution in [2.75, 3.05) is 40.3 Å². The highest BCUT2D eigenvalue weighted by Crippen LogP contribution is 2.22. The van der Waals surface area contributed by atoms with Crippen molar-refractivity contribution >= 4 is 0 Å². The van der Waals surface area contributed by atoms with Crippen LogP contribution in [-0.4, -0.2) is 62.2 Å². The standard InChI is InChI=1S/C11H23N3/c1-9-4-10(6-12-5-9)14-7-11(8-14)13(2)3/h9-12H,4-8H2,1-3H3. The van der Waals surface area contributed by atoms with Gasteiger partial charge in [0.2, 0.25) is 0 Å². The summed E-state index contributed by atoms with van der Waals surface area (Å²) >= 11 is 0. The van der Waals surface area contributed by atoms with E-state index < -0.39 is 0 Å². The van der Waals surface area contributed by atoms with E-state index in [0.717, 1.165) is 18.0 Å². The maximum absolute atomic E-state index is 3.52. The molecular weight excluding hydrogens is 174 g/mol. The molecular formula is C11H23N3. The number of nitrogens with zero attached hydrogens (tertiary/aromatic N) is 2. The number of hydrogen-bond donors (Lipinski definition) is 1. The van der Waals surface area contributed by atoms with Gasteiger partial charge < -0.3 is 10.2 Å². The summed E-state index contributed by atoms with van der Waals surface area (Å²) in [7, 11) is 4.37.